The number of halogens is 1. The zero-order chi connectivity index (χ0) is 19.7. The Morgan fingerprint density at radius 3 is 2.64 bits per heavy atom. The van der Waals surface area contributed by atoms with E-state index < -0.39 is 0 Å². The highest BCUT2D eigenvalue weighted by atomic mass is 127. The van der Waals surface area contributed by atoms with Gasteiger partial charge in [0.15, 0.2) is 5.96 Å². The summed E-state index contributed by atoms with van der Waals surface area (Å²) in [5, 5.41) is 9.34. The summed E-state index contributed by atoms with van der Waals surface area (Å²) in [5.74, 6) is 1.19. The van der Waals surface area contributed by atoms with Crippen molar-refractivity contribution < 1.29 is 9.53 Å². The molecule has 3 N–H and O–H groups in total. The van der Waals surface area contributed by atoms with Crippen molar-refractivity contribution in [2.24, 2.45) is 4.99 Å². The molecule has 8 nitrogen and oxygen atoms in total. The van der Waals surface area contributed by atoms with E-state index in [0.29, 0.717) is 24.7 Å². The number of anilines is 1. The molecule has 1 fully saturated rings. The van der Waals surface area contributed by atoms with Crippen molar-refractivity contribution in [2.75, 3.05) is 51.8 Å². The number of aryl methyl sites for hydroxylation is 1. The van der Waals surface area contributed by atoms with Gasteiger partial charge in [0, 0.05) is 50.9 Å². The van der Waals surface area contributed by atoms with E-state index in [1.165, 1.54) is 0 Å². The minimum atomic E-state index is -0.0790. The van der Waals surface area contributed by atoms with Crippen LogP contribution in [-0.4, -0.2) is 73.7 Å². The Kier molecular flexibility index (Phi) is 10.7. The third kappa shape index (κ3) is 8.27. The number of nitrogens with zero attached hydrogens (tertiary/aromatic N) is 3. The molecule has 1 amide bonds. The Hall–Kier alpha value is -1.46. The van der Waals surface area contributed by atoms with Gasteiger partial charge in [0.25, 0.3) is 0 Å². The zero-order valence-corrected chi connectivity index (χ0v) is 19.6. The minimum absolute atomic E-state index is 0. The number of ether oxygens (including phenoxy) is 1. The van der Waals surface area contributed by atoms with Gasteiger partial charge >= 0.3 is 0 Å². The highest BCUT2D eigenvalue weighted by Crippen LogP contribution is 2.14. The SMILES string of the molecule is CN=C(NCCC(=O)Nc1cccc(C)n1)NCC(C)(C)N1CCOCC1.I. The number of carbonyl (C=O) groups excluding carboxylic acids is 1. The summed E-state index contributed by atoms with van der Waals surface area (Å²) in [6, 6.07) is 5.55. The second kappa shape index (κ2) is 12.2. The molecule has 158 valence electrons. The molecular weight excluding hydrogens is 471 g/mol. The summed E-state index contributed by atoms with van der Waals surface area (Å²) in [7, 11) is 1.73. The Morgan fingerprint density at radius 1 is 1.29 bits per heavy atom. The van der Waals surface area contributed by atoms with Gasteiger partial charge in [-0.05, 0) is 32.9 Å². The van der Waals surface area contributed by atoms with Crippen LogP contribution in [0.25, 0.3) is 0 Å². The maximum absolute atomic E-state index is 12.0. The predicted molar refractivity (Wildman–Crippen MR) is 123 cm³/mol. The molecule has 2 heterocycles. The number of rotatable bonds is 7. The number of hydrogen-bond donors (Lipinski definition) is 3. The van der Waals surface area contributed by atoms with Crippen LogP contribution in [0.4, 0.5) is 5.82 Å². The van der Waals surface area contributed by atoms with Crippen LogP contribution in [-0.2, 0) is 9.53 Å². The van der Waals surface area contributed by atoms with Crippen molar-refractivity contribution in [1.29, 1.82) is 0 Å². The molecule has 0 aliphatic carbocycles. The fourth-order valence-corrected chi connectivity index (χ4v) is 2.91. The van der Waals surface area contributed by atoms with Crippen LogP contribution in [0.5, 0.6) is 0 Å². The van der Waals surface area contributed by atoms with Crippen molar-refractivity contribution in [1.82, 2.24) is 20.5 Å². The van der Waals surface area contributed by atoms with Crippen molar-refractivity contribution in [3.63, 3.8) is 0 Å². The summed E-state index contributed by atoms with van der Waals surface area (Å²) < 4.78 is 5.43. The Balaban J connectivity index is 0.00000392. The smallest absolute Gasteiger partial charge is 0.227 e. The molecular formula is C19H33IN6O2. The monoisotopic (exact) mass is 504 g/mol. The van der Waals surface area contributed by atoms with Crippen molar-refractivity contribution in [2.45, 2.75) is 32.7 Å². The fraction of sp³-hybridized carbons (Fsp3) is 0.632. The van der Waals surface area contributed by atoms with Crippen molar-refractivity contribution in [3.05, 3.63) is 23.9 Å². The number of aromatic nitrogens is 1. The lowest BCUT2D eigenvalue weighted by Crippen LogP contribution is -2.56. The molecule has 1 aromatic rings. The Labute approximate surface area is 184 Å². The van der Waals surface area contributed by atoms with Crippen LogP contribution >= 0.6 is 24.0 Å². The molecule has 0 aromatic carbocycles. The molecule has 1 aromatic heterocycles. The van der Waals surface area contributed by atoms with Gasteiger partial charge in [-0.2, -0.15) is 0 Å². The van der Waals surface area contributed by atoms with Crippen LogP contribution in [0, 0.1) is 6.92 Å². The van der Waals surface area contributed by atoms with Gasteiger partial charge in [-0.3, -0.25) is 14.7 Å². The van der Waals surface area contributed by atoms with E-state index in [2.05, 4.69) is 44.7 Å². The lowest BCUT2D eigenvalue weighted by molar-refractivity contribution is -0.116. The normalized spacial score (nSPS) is 15.5. The molecule has 1 aliphatic heterocycles. The summed E-state index contributed by atoms with van der Waals surface area (Å²) >= 11 is 0. The van der Waals surface area contributed by atoms with Gasteiger partial charge < -0.3 is 20.7 Å². The number of guanidine groups is 1. The van der Waals surface area contributed by atoms with E-state index in [-0.39, 0.29) is 35.4 Å². The molecule has 0 atom stereocenters. The van der Waals surface area contributed by atoms with Crippen LogP contribution in [0.2, 0.25) is 0 Å². The highest BCUT2D eigenvalue weighted by molar-refractivity contribution is 14.0. The third-order valence-electron chi connectivity index (χ3n) is 4.58. The van der Waals surface area contributed by atoms with E-state index in [0.717, 1.165) is 38.5 Å². The fourth-order valence-electron chi connectivity index (χ4n) is 2.91. The molecule has 0 radical (unpaired) electrons. The Bertz CT molecular complexity index is 647. The van der Waals surface area contributed by atoms with Gasteiger partial charge in [-0.15, -0.1) is 24.0 Å². The van der Waals surface area contributed by atoms with Gasteiger partial charge in [0.1, 0.15) is 5.82 Å². The van der Waals surface area contributed by atoms with E-state index in [4.69, 9.17) is 4.74 Å². The number of hydrogen-bond acceptors (Lipinski definition) is 5. The summed E-state index contributed by atoms with van der Waals surface area (Å²) in [6.07, 6.45) is 0.336. The first-order chi connectivity index (χ1) is 12.9. The number of morpholine rings is 1. The number of amides is 1. The van der Waals surface area contributed by atoms with E-state index >= 15 is 0 Å². The average molecular weight is 504 g/mol. The largest absolute Gasteiger partial charge is 0.379 e. The first-order valence-corrected chi connectivity index (χ1v) is 9.41. The topological polar surface area (TPSA) is 90.9 Å². The lowest BCUT2D eigenvalue weighted by Gasteiger charge is -2.41. The first-order valence-electron chi connectivity index (χ1n) is 9.41. The maximum Gasteiger partial charge on any atom is 0.227 e. The number of aliphatic imine (C=N–C) groups is 1. The minimum Gasteiger partial charge on any atom is -0.379 e. The second-order valence-corrected chi connectivity index (χ2v) is 7.23. The summed E-state index contributed by atoms with van der Waals surface area (Å²) in [4.78, 5) is 23.0. The average Bonchev–Trinajstić information content (AvgIpc) is 2.65. The standard InChI is InChI=1S/C19H32N6O2.HI/c1-15-6-5-7-16(23-15)24-17(26)8-9-21-18(20-4)22-14-19(2,3)25-10-12-27-13-11-25;/h5-7H,8-14H2,1-4H3,(H2,20,21,22)(H,23,24,26);1H. The van der Waals surface area contributed by atoms with Crippen LogP contribution in [0.3, 0.4) is 0 Å². The molecule has 1 saturated heterocycles. The highest BCUT2D eigenvalue weighted by Gasteiger charge is 2.28. The number of carbonyl (C=O) groups is 1. The lowest BCUT2D eigenvalue weighted by atomic mass is 10.0. The van der Waals surface area contributed by atoms with Crippen LogP contribution < -0.4 is 16.0 Å². The molecule has 28 heavy (non-hydrogen) atoms. The van der Waals surface area contributed by atoms with E-state index in [1.54, 1.807) is 13.1 Å². The maximum atomic E-state index is 12.0. The van der Waals surface area contributed by atoms with E-state index in [9.17, 15) is 4.79 Å². The van der Waals surface area contributed by atoms with Crippen molar-refractivity contribution >= 4 is 41.7 Å². The van der Waals surface area contributed by atoms with E-state index in [1.807, 2.05) is 19.1 Å². The first kappa shape index (κ1) is 24.6. The van der Waals surface area contributed by atoms with Gasteiger partial charge in [-0.1, -0.05) is 6.07 Å². The van der Waals surface area contributed by atoms with Crippen LogP contribution in [0.15, 0.2) is 23.2 Å². The molecule has 0 bridgehead atoms. The predicted octanol–water partition coefficient (Wildman–Crippen LogP) is 1.61. The number of pyridine rings is 1. The summed E-state index contributed by atoms with van der Waals surface area (Å²) in [5.41, 5.74) is 0.869. The summed E-state index contributed by atoms with van der Waals surface area (Å²) in [6.45, 7) is 11.0. The molecule has 0 unspecified atom stereocenters. The van der Waals surface area contributed by atoms with Gasteiger partial charge in [0.05, 0.1) is 13.2 Å². The quantitative estimate of drug-likeness (QED) is 0.297. The number of nitrogens with one attached hydrogen (secondary N) is 3. The molecule has 2 rings (SSSR count). The molecule has 9 heteroatoms. The molecule has 0 spiro atoms. The van der Waals surface area contributed by atoms with Gasteiger partial charge in [-0.25, -0.2) is 4.98 Å². The van der Waals surface area contributed by atoms with Gasteiger partial charge in [0.2, 0.25) is 5.91 Å². The second-order valence-electron chi connectivity index (χ2n) is 7.23. The molecule has 1 aliphatic rings. The molecule has 0 saturated carbocycles. The Morgan fingerprint density at radius 2 is 2.00 bits per heavy atom. The zero-order valence-electron chi connectivity index (χ0n) is 17.2. The van der Waals surface area contributed by atoms with Crippen LogP contribution in [0.1, 0.15) is 26.0 Å². The third-order valence-corrected chi connectivity index (χ3v) is 4.58. The van der Waals surface area contributed by atoms with Crippen molar-refractivity contribution in [3.8, 4) is 0 Å².